The lowest BCUT2D eigenvalue weighted by Crippen LogP contribution is -2.47. The molecule has 0 fully saturated rings. The SMILES string of the molecule is CN=C(NCC(C)c1ccc(C)cc1)NC1CCc2nc(C)nn2C1.I. The number of nitrogens with one attached hydrogen (secondary N) is 2. The molecule has 1 aliphatic rings. The molecule has 142 valence electrons. The van der Waals surface area contributed by atoms with Crippen molar-refractivity contribution in [3.05, 3.63) is 47.0 Å². The number of aryl methyl sites for hydroxylation is 3. The van der Waals surface area contributed by atoms with E-state index in [2.05, 4.69) is 63.8 Å². The minimum absolute atomic E-state index is 0. The predicted molar refractivity (Wildman–Crippen MR) is 116 cm³/mol. The van der Waals surface area contributed by atoms with Crippen LogP contribution in [0, 0.1) is 13.8 Å². The Morgan fingerprint density at radius 3 is 2.73 bits per heavy atom. The van der Waals surface area contributed by atoms with Crippen molar-refractivity contribution < 1.29 is 0 Å². The number of aliphatic imine (C=N–C) groups is 1. The summed E-state index contributed by atoms with van der Waals surface area (Å²) in [7, 11) is 1.82. The normalized spacial score (nSPS) is 17.8. The first kappa shape index (κ1) is 20.7. The Bertz CT molecular complexity index is 737. The number of benzene rings is 1. The smallest absolute Gasteiger partial charge is 0.191 e. The third-order valence-corrected chi connectivity index (χ3v) is 4.75. The zero-order valence-corrected chi connectivity index (χ0v) is 18.3. The second-order valence-electron chi connectivity index (χ2n) is 6.90. The van der Waals surface area contributed by atoms with Crippen molar-refractivity contribution in [3.8, 4) is 0 Å². The highest BCUT2D eigenvalue weighted by molar-refractivity contribution is 14.0. The maximum absolute atomic E-state index is 4.46. The summed E-state index contributed by atoms with van der Waals surface area (Å²) in [5, 5.41) is 11.4. The Morgan fingerprint density at radius 2 is 2.04 bits per heavy atom. The topological polar surface area (TPSA) is 67.1 Å². The molecule has 0 amide bonds. The number of aromatic nitrogens is 3. The van der Waals surface area contributed by atoms with Gasteiger partial charge in [-0.2, -0.15) is 5.10 Å². The van der Waals surface area contributed by atoms with Crippen LogP contribution < -0.4 is 10.6 Å². The summed E-state index contributed by atoms with van der Waals surface area (Å²) in [5.41, 5.74) is 2.63. The van der Waals surface area contributed by atoms with E-state index in [0.29, 0.717) is 12.0 Å². The van der Waals surface area contributed by atoms with Crippen LogP contribution in [0.25, 0.3) is 0 Å². The van der Waals surface area contributed by atoms with Crippen LogP contribution in [-0.2, 0) is 13.0 Å². The van der Waals surface area contributed by atoms with Gasteiger partial charge in [0.2, 0.25) is 0 Å². The average Bonchev–Trinajstić information content (AvgIpc) is 2.98. The lowest BCUT2D eigenvalue weighted by molar-refractivity contribution is 0.392. The van der Waals surface area contributed by atoms with Gasteiger partial charge in [-0.15, -0.1) is 24.0 Å². The molecule has 1 aliphatic heterocycles. The Kier molecular flexibility index (Phi) is 7.43. The van der Waals surface area contributed by atoms with Crippen molar-refractivity contribution in [3.63, 3.8) is 0 Å². The lowest BCUT2D eigenvalue weighted by Gasteiger charge is -2.26. The fourth-order valence-corrected chi connectivity index (χ4v) is 3.20. The summed E-state index contributed by atoms with van der Waals surface area (Å²) >= 11 is 0. The summed E-state index contributed by atoms with van der Waals surface area (Å²) in [6.45, 7) is 7.98. The van der Waals surface area contributed by atoms with E-state index in [9.17, 15) is 0 Å². The summed E-state index contributed by atoms with van der Waals surface area (Å²) < 4.78 is 2.01. The molecular weight excluding hydrogens is 439 g/mol. The van der Waals surface area contributed by atoms with Gasteiger partial charge in [0.25, 0.3) is 0 Å². The van der Waals surface area contributed by atoms with E-state index >= 15 is 0 Å². The highest BCUT2D eigenvalue weighted by Crippen LogP contribution is 2.15. The molecule has 0 saturated heterocycles. The van der Waals surface area contributed by atoms with E-state index in [4.69, 9.17) is 0 Å². The van der Waals surface area contributed by atoms with Gasteiger partial charge in [0.05, 0.1) is 6.54 Å². The first-order valence-electron chi connectivity index (χ1n) is 8.99. The molecule has 1 aromatic heterocycles. The number of hydrogen-bond donors (Lipinski definition) is 2. The first-order chi connectivity index (χ1) is 12.0. The lowest BCUT2D eigenvalue weighted by atomic mass is 10.0. The van der Waals surface area contributed by atoms with Crippen molar-refractivity contribution in [2.24, 2.45) is 4.99 Å². The maximum atomic E-state index is 4.46. The fraction of sp³-hybridized carbons (Fsp3) is 0.526. The zero-order chi connectivity index (χ0) is 17.8. The van der Waals surface area contributed by atoms with Gasteiger partial charge in [0, 0.05) is 26.1 Å². The molecule has 0 aliphatic carbocycles. The molecule has 2 atom stereocenters. The second-order valence-corrected chi connectivity index (χ2v) is 6.90. The molecule has 7 heteroatoms. The van der Waals surface area contributed by atoms with E-state index in [0.717, 1.165) is 43.5 Å². The van der Waals surface area contributed by atoms with Crippen LogP contribution in [0.4, 0.5) is 0 Å². The summed E-state index contributed by atoms with van der Waals surface area (Å²) in [5.74, 6) is 3.22. The second kappa shape index (κ2) is 9.34. The van der Waals surface area contributed by atoms with Gasteiger partial charge < -0.3 is 10.6 Å². The molecule has 1 aromatic carbocycles. The Balaban J connectivity index is 0.00000243. The predicted octanol–water partition coefficient (Wildman–Crippen LogP) is 2.80. The van der Waals surface area contributed by atoms with Gasteiger partial charge in [-0.25, -0.2) is 9.67 Å². The summed E-state index contributed by atoms with van der Waals surface area (Å²) in [6.07, 6.45) is 2.00. The minimum Gasteiger partial charge on any atom is -0.356 e. The van der Waals surface area contributed by atoms with Crippen LogP contribution in [0.1, 0.15) is 42.0 Å². The van der Waals surface area contributed by atoms with Crippen molar-refractivity contribution in [1.82, 2.24) is 25.4 Å². The molecule has 2 aromatic rings. The molecule has 0 radical (unpaired) electrons. The fourth-order valence-electron chi connectivity index (χ4n) is 3.20. The van der Waals surface area contributed by atoms with E-state index in [1.165, 1.54) is 11.1 Å². The number of fused-ring (bicyclic) bond motifs is 1. The van der Waals surface area contributed by atoms with Gasteiger partial charge in [0.15, 0.2) is 5.96 Å². The molecule has 0 spiro atoms. The molecule has 6 nitrogen and oxygen atoms in total. The highest BCUT2D eigenvalue weighted by Gasteiger charge is 2.21. The van der Waals surface area contributed by atoms with Crippen LogP contribution in [0.5, 0.6) is 0 Å². The molecule has 2 heterocycles. The van der Waals surface area contributed by atoms with Gasteiger partial charge in [-0.05, 0) is 31.7 Å². The Hall–Kier alpha value is -1.64. The molecule has 26 heavy (non-hydrogen) atoms. The van der Waals surface area contributed by atoms with Crippen LogP contribution in [0.2, 0.25) is 0 Å². The number of nitrogens with zero attached hydrogens (tertiary/aromatic N) is 4. The zero-order valence-electron chi connectivity index (χ0n) is 16.0. The number of rotatable bonds is 4. The molecule has 0 saturated carbocycles. The van der Waals surface area contributed by atoms with Crippen LogP contribution in [0.3, 0.4) is 0 Å². The third-order valence-electron chi connectivity index (χ3n) is 4.75. The van der Waals surface area contributed by atoms with Crippen molar-refractivity contribution in [1.29, 1.82) is 0 Å². The van der Waals surface area contributed by atoms with Crippen LogP contribution in [-0.4, -0.2) is 40.4 Å². The molecule has 2 N–H and O–H groups in total. The van der Waals surface area contributed by atoms with E-state index in [-0.39, 0.29) is 24.0 Å². The molecular formula is C19H29IN6. The Morgan fingerprint density at radius 1 is 1.31 bits per heavy atom. The summed E-state index contributed by atoms with van der Waals surface area (Å²) in [6, 6.07) is 9.06. The third kappa shape index (κ3) is 5.18. The van der Waals surface area contributed by atoms with Crippen LogP contribution in [0.15, 0.2) is 29.3 Å². The standard InChI is InChI=1S/C19H28N6.HI/c1-13-5-7-16(8-6-13)14(2)11-21-19(20-4)23-17-9-10-18-22-15(3)24-25(18)12-17;/h5-8,14,17H,9-12H2,1-4H3,(H2,20,21,23);1H. The summed E-state index contributed by atoms with van der Waals surface area (Å²) in [4.78, 5) is 8.83. The van der Waals surface area contributed by atoms with Crippen molar-refractivity contribution in [2.45, 2.75) is 52.1 Å². The Labute approximate surface area is 172 Å². The van der Waals surface area contributed by atoms with Gasteiger partial charge in [-0.1, -0.05) is 36.8 Å². The monoisotopic (exact) mass is 468 g/mol. The van der Waals surface area contributed by atoms with Gasteiger partial charge >= 0.3 is 0 Å². The quantitative estimate of drug-likeness (QED) is 0.412. The first-order valence-corrected chi connectivity index (χ1v) is 8.99. The van der Waals surface area contributed by atoms with Gasteiger partial charge in [-0.3, -0.25) is 4.99 Å². The van der Waals surface area contributed by atoms with E-state index in [1.807, 2.05) is 18.7 Å². The highest BCUT2D eigenvalue weighted by atomic mass is 127. The molecule has 0 bridgehead atoms. The average molecular weight is 468 g/mol. The molecule has 3 rings (SSSR count). The minimum atomic E-state index is 0. The van der Waals surface area contributed by atoms with E-state index < -0.39 is 0 Å². The van der Waals surface area contributed by atoms with Crippen molar-refractivity contribution in [2.75, 3.05) is 13.6 Å². The maximum Gasteiger partial charge on any atom is 0.191 e. The number of guanidine groups is 1. The van der Waals surface area contributed by atoms with Crippen LogP contribution >= 0.6 is 24.0 Å². The van der Waals surface area contributed by atoms with Crippen molar-refractivity contribution >= 4 is 29.9 Å². The van der Waals surface area contributed by atoms with Gasteiger partial charge in [0.1, 0.15) is 11.6 Å². The number of halogens is 1. The van der Waals surface area contributed by atoms with E-state index in [1.54, 1.807) is 0 Å². The molecule has 2 unspecified atom stereocenters. The largest absolute Gasteiger partial charge is 0.356 e. The number of hydrogen-bond acceptors (Lipinski definition) is 3.